The Morgan fingerprint density at radius 3 is 2.44 bits per heavy atom. The molecular formula is C18H19BrClF2N3. The molecule has 0 aliphatic rings. The Labute approximate surface area is 159 Å². The van der Waals surface area contributed by atoms with Gasteiger partial charge in [0.15, 0.2) is 0 Å². The third kappa shape index (κ3) is 4.51. The lowest BCUT2D eigenvalue weighted by molar-refractivity contribution is 0.626. The van der Waals surface area contributed by atoms with E-state index in [2.05, 4.69) is 31.9 Å². The first-order valence-corrected chi connectivity index (χ1v) is 8.81. The number of benzene rings is 2. The molecule has 0 heterocycles. The van der Waals surface area contributed by atoms with Crippen molar-refractivity contribution in [1.82, 2.24) is 10.6 Å². The van der Waals surface area contributed by atoms with Gasteiger partial charge in [-0.2, -0.15) is 0 Å². The summed E-state index contributed by atoms with van der Waals surface area (Å²) in [5.41, 5.74) is 1.75. The molecule has 0 amide bonds. The number of hydrogen-bond acceptors (Lipinski definition) is 3. The summed E-state index contributed by atoms with van der Waals surface area (Å²) in [4.78, 5) is 0. The fraction of sp³-hybridized carbons (Fsp3) is 0.222. The van der Waals surface area contributed by atoms with Gasteiger partial charge < -0.3 is 16.0 Å². The zero-order chi connectivity index (χ0) is 18.6. The van der Waals surface area contributed by atoms with Crippen molar-refractivity contribution in [3.05, 3.63) is 68.9 Å². The van der Waals surface area contributed by atoms with E-state index in [0.717, 1.165) is 11.1 Å². The van der Waals surface area contributed by atoms with Crippen LogP contribution in [0.4, 0.5) is 14.5 Å². The molecule has 0 aliphatic carbocycles. The number of halogens is 4. The lowest BCUT2D eigenvalue weighted by atomic mass is 9.99. The van der Waals surface area contributed by atoms with Crippen LogP contribution >= 0.6 is 27.5 Å². The molecule has 0 aliphatic heterocycles. The van der Waals surface area contributed by atoms with Crippen molar-refractivity contribution in [3.63, 3.8) is 0 Å². The molecule has 0 radical (unpaired) electrons. The lowest BCUT2D eigenvalue weighted by Crippen LogP contribution is -2.29. The van der Waals surface area contributed by atoms with E-state index in [1.807, 2.05) is 14.0 Å². The van der Waals surface area contributed by atoms with Gasteiger partial charge in [0.25, 0.3) is 0 Å². The molecule has 2 rings (SSSR count). The van der Waals surface area contributed by atoms with Crippen LogP contribution in [0.15, 0.2) is 46.7 Å². The highest BCUT2D eigenvalue weighted by atomic mass is 79.9. The molecule has 2 aromatic carbocycles. The molecule has 0 fully saturated rings. The third-order valence-electron chi connectivity index (χ3n) is 3.82. The molecule has 0 spiro atoms. The topological polar surface area (TPSA) is 36.1 Å². The first-order chi connectivity index (χ1) is 11.9. The summed E-state index contributed by atoms with van der Waals surface area (Å²) in [7, 11) is 3.53. The van der Waals surface area contributed by atoms with Crippen LogP contribution in [0.3, 0.4) is 0 Å². The Balaban J connectivity index is 2.62. The highest BCUT2D eigenvalue weighted by Crippen LogP contribution is 2.32. The van der Waals surface area contributed by atoms with E-state index in [1.165, 1.54) is 18.2 Å². The first-order valence-electron chi connectivity index (χ1n) is 7.64. The monoisotopic (exact) mass is 429 g/mol. The van der Waals surface area contributed by atoms with Crippen LogP contribution in [0.2, 0.25) is 5.02 Å². The molecule has 0 aromatic heterocycles. The highest BCUT2D eigenvalue weighted by molar-refractivity contribution is 9.10. The van der Waals surface area contributed by atoms with Gasteiger partial charge in [-0.15, -0.1) is 0 Å². The fourth-order valence-corrected chi connectivity index (χ4v) is 3.22. The van der Waals surface area contributed by atoms with Crippen LogP contribution in [-0.4, -0.2) is 20.1 Å². The molecule has 134 valence electrons. The largest absolute Gasteiger partial charge is 0.374 e. The van der Waals surface area contributed by atoms with E-state index < -0.39 is 5.82 Å². The molecule has 3 nitrogen and oxygen atoms in total. The summed E-state index contributed by atoms with van der Waals surface area (Å²) >= 11 is 9.52. The number of para-hydroxylation sites is 1. The van der Waals surface area contributed by atoms with Gasteiger partial charge in [0.2, 0.25) is 0 Å². The van der Waals surface area contributed by atoms with Crippen LogP contribution < -0.4 is 16.0 Å². The SMILES string of the molecule is CN/C(Nc1c(F)cccc1Cl)=C(/c1ccc(F)cc1Br)C(C)NC. The second kappa shape index (κ2) is 8.65. The van der Waals surface area contributed by atoms with E-state index >= 15 is 0 Å². The van der Waals surface area contributed by atoms with Crippen molar-refractivity contribution in [3.8, 4) is 0 Å². The molecule has 0 saturated carbocycles. The van der Waals surface area contributed by atoms with E-state index in [9.17, 15) is 8.78 Å². The quantitative estimate of drug-likeness (QED) is 0.604. The van der Waals surface area contributed by atoms with Crippen LogP contribution in [-0.2, 0) is 0 Å². The summed E-state index contributed by atoms with van der Waals surface area (Å²) in [6, 6.07) is 8.81. The van der Waals surface area contributed by atoms with Crippen LogP contribution in [0.25, 0.3) is 5.57 Å². The molecule has 25 heavy (non-hydrogen) atoms. The van der Waals surface area contributed by atoms with Crippen LogP contribution in [0.5, 0.6) is 0 Å². The maximum atomic E-state index is 14.2. The maximum absolute atomic E-state index is 14.2. The second-order valence-electron chi connectivity index (χ2n) is 5.39. The molecule has 3 N–H and O–H groups in total. The average Bonchev–Trinajstić information content (AvgIpc) is 2.58. The van der Waals surface area contributed by atoms with Crippen molar-refractivity contribution in [2.45, 2.75) is 13.0 Å². The smallest absolute Gasteiger partial charge is 0.148 e. The van der Waals surface area contributed by atoms with Crippen molar-refractivity contribution in [1.29, 1.82) is 0 Å². The molecular weight excluding hydrogens is 412 g/mol. The Kier molecular flexibility index (Phi) is 6.81. The van der Waals surface area contributed by atoms with Crippen LogP contribution in [0, 0.1) is 11.6 Å². The van der Waals surface area contributed by atoms with Crippen molar-refractivity contribution < 1.29 is 8.78 Å². The number of likely N-dealkylation sites (N-methyl/N-ethyl adjacent to an activating group) is 1. The minimum Gasteiger partial charge on any atom is -0.374 e. The molecule has 7 heteroatoms. The molecule has 0 saturated heterocycles. The minimum absolute atomic E-state index is 0.109. The standard InChI is InChI=1S/C18H19BrClF2N3/c1-10(23-2)16(12-8-7-11(21)9-13(12)19)18(24-3)25-17-14(20)5-4-6-15(17)22/h4-10,23-25H,1-3H3/b18-16-. The van der Waals surface area contributed by atoms with Crippen molar-refractivity contribution in [2.75, 3.05) is 19.4 Å². The van der Waals surface area contributed by atoms with Gasteiger partial charge in [0.1, 0.15) is 17.5 Å². The number of rotatable bonds is 6. The summed E-state index contributed by atoms with van der Waals surface area (Å²) in [6.07, 6.45) is 0. The third-order valence-corrected chi connectivity index (χ3v) is 4.79. The van der Waals surface area contributed by atoms with Crippen molar-refractivity contribution in [2.24, 2.45) is 0 Å². The van der Waals surface area contributed by atoms with Gasteiger partial charge in [0.05, 0.1) is 10.7 Å². The normalized spacial score (nSPS) is 13.2. The van der Waals surface area contributed by atoms with E-state index in [4.69, 9.17) is 11.6 Å². The second-order valence-corrected chi connectivity index (χ2v) is 6.66. The molecule has 2 aromatic rings. The van der Waals surface area contributed by atoms with Gasteiger partial charge >= 0.3 is 0 Å². The number of anilines is 1. The summed E-state index contributed by atoms with van der Waals surface area (Å²) < 4.78 is 28.2. The molecule has 1 unspecified atom stereocenters. The average molecular weight is 431 g/mol. The van der Waals surface area contributed by atoms with Gasteiger partial charge in [-0.3, -0.25) is 0 Å². The number of nitrogens with one attached hydrogen (secondary N) is 3. The highest BCUT2D eigenvalue weighted by Gasteiger charge is 2.19. The van der Waals surface area contributed by atoms with E-state index in [1.54, 1.807) is 25.2 Å². The predicted octanol–water partition coefficient (Wildman–Crippen LogP) is 4.99. The predicted molar refractivity (Wildman–Crippen MR) is 104 cm³/mol. The summed E-state index contributed by atoms with van der Waals surface area (Å²) in [5.74, 6) is -0.251. The van der Waals surface area contributed by atoms with Gasteiger partial charge in [-0.25, -0.2) is 8.78 Å². The van der Waals surface area contributed by atoms with Gasteiger partial charge in [0, 0.05) is 23.1 Å². The zero-order valence-electron chi connectivity index (χ0n) is 14.1. The number of hydrogen-bond donors (Lipinski definition) is 3. The first kappa shape index (κ1) is 19.7. The maximum Gasteiger partial charge on any atom is 0.148 e. The lowest BCUT2D eigenvalue weighted by Gasteiger charge is -2.23. The molecule has 0 bridgehead atoms. The summed E-state index contributed by atoms with van der Waals surface area (Å²) in [6.45, 7) is 1.95. The van der Waals surface area contributed by atoms with E-state index in [0.29, 0.717) is 10.3 Å². The summed E-state index contributed by atoms with van der Waals surface area (Å²) in [5, 5.41) is 9.50. The fourth-order valence-electron chi connectivity index (χ4n) is 2.44. The van der Waals surface area contributed by atoms with Crippen molar-refractivity contribution >= 4 is 38.8 Å². The molecule has 1 atom stereocenters. The minimum atomic E-state index is -0.463. The van der Waals surface area contributed by atoms with E-state index in [-0.39, 0.29) is 22.6 Å². The van der Waals surface area contributed by atoms with Crippen LogP contribution in [0.1, 0.15) is 12.5 Å². The Bertz CT molecular complexity index is 776. The zero-order valence-corrected chi connectivity index (χ0v) is 16.4. The Morgan fingerprint density at radius 1 is 1.16 bits per heavy atom. The Morgan fingerprint density at radius 2 is 1.88 bits per heavy atom. The Hall–Kier alpha value is -1.63. The van der Waals surface area contributed by atoms with Gasteiger partial charge in [-0.1, -0.05) is 39.7 Å². The van der Waals surface area contributed by atoms with Gasteiger partial charge in [-0.05, 0) is 43.8 Å².